The third-order valence-electron chi connectivity index (χ3n) is 4.03. The molecule has 0 bridgehead atoms. The molecule has 0 unspecified atom stereocenters. The van der Waals surface area contributed by atoms with Crippen LogP contribution in [-0.4, -0.2) is 34.5 Å². The number of anilines is 1. The summed E-state index contributed by atoms with van der Waals surface area (Å²) in [6, 6.07) is 6.88. The van der Waals surface area contributed by atoms with E-state index in [0.717, 1.165) is 29.7 Å². The summed E-state index contributed by atoms with van der Waals surface area (Å²) in [5.41, 5.74) is 1.50. The fourth-order valence-corrected chi connectivity index (χ4v) is 2.83. The van der Waals surface area contributed by atoms with Crippen molar-refractivity contribution in [1.29, 1.82) is 0 Å². The Hall–Kier alpha value is -2.87. The highest BCUT2D eigenvalue weighted by atomic mass is 16.5. The highest BCUT2D eigenvalue weighted by Gasteiger charge is 2.16. The van der Waals surface area contributed by atoms with Crippen LogP contribution < -0.4 is 10.6 Å². The van der Waals surface area contributed by atoms with Crippen molar-refractivity contribution in [3.05, 3.63) is 42.2 Å². The van der Waals surface area contributed by atoms with E-state index < -0.39 is 0 Å². The Bertz CT molecular complexity index is 886. The molecule has 0 aliphatic rings. The number of nitrogens with one attached hydrogen (secondary N) is 2. The number of methoxy groups -OCH3 is 1. The number of carbonyl (C=O) groups excluding carboxylic acids is 1. The molecule has 0 aliphatic heterocycles. The Kier molecular flexibility index (Phi) is 5.52. The lowest BCUT2D eigenvalue weighted by Gasteiger charge is -2.15. The van der Waals surface area contributed by atoms with Crippen molar-refractivity contribution in [2.75, 3.05) is 19.0 Å². The van der Waals surface area contributed by atoms with Crippen LogP contribution in [0.15, 0.2) is 35.0 Å². The van der Waals surface area contributed by atoms with Crippen molar-refractivity contribution in [2.24, 2.45) is 0 Å². The first-order valence-corrected chi connectivity index (χ1v) is 8.51. The van der Waals surface area contributed by atoms with Crippen molar-refractivity contribution in [3.63, 3.8) is 0 Å². The molecule has 0 saturated heterocycles. The van der Waals surface area contributed by atoms with Gasteiger partial charge in [-0.2, -0.15) is 0 Å². The van der Waals surface area contributed by atoms with Crippen LogP contribution >= 0.6 is 0 Å². The predicted octanol–water partition coefficient (Wildman–Crippen LogP) is 3.25. The molecule has 0 spiro atoms. The Labute approximate surface area is 151 Å². The molecule has 0 fully saturated rings. The molecule has 26 heavy (non-hydrogen) atoms. The topological polar surface area (TPSA) is 94.2 Å². The molecule has 138 valence electrons. The molecule has 2 amide bonds. The van der Waals surface area contributed by atoms with Gasteiger partial charge in [-0.15, -0.1) is 10.2 Å². The SMILES string of the molecule is COCCCn1cnnc1[C@H](C)NC(=O)Nc1ccc2oc(C)cc2c1. The van der Waals surface area contributed by atoms with Gasteiger partial charge in [0.05, 0.1) is 6.04 Å². The smallest absolute Gasteiger partial charge is 0.319 e. The second kappa shape index (κ2) is 8.01. The van der Waals surface area contributed by atoms with Crippen LogP contribution in [0.25, 0.3) is 11.0 Å². The lowest BCUT2D eigenvalue weighted by atomic mass is 10.2. The van der Waals surface area contributed by atoms with Gasteiger partial charge in [-0.05, 0) is 44.5 Å². The number of nitrogens with zero attached hydrogens (tertiary/aromatic N) is 3. The number of hydrogen-bond donors (Lipinski definition) is 2. The first-order chi connectivity index (χ1) is 12.6. The van der Waals surface area contributed by atoms with Gasteiger partial charge < -0.3 is 24.4 Å². The highest BCUT2D eigenvalue weighted by molar-refractivity contribution is 5.92. The quantitative estimate of drug-likeness (QED) is 0.633. The van der Waals surface area contributed by atoms with Gasteiger partial charge >= 0.3 is 6.03 Å². The highest BCUT2D eigenvalue weighted by Crippen LogP contribution is 2.22. The van der Waals surface area contributed by atoms with Gasteiger partial charge in [0, 0.05) is 31.3 Å². The van der Waals surface area contributed by atoms with Crippen LogP contribution in [-0.2, 0) is 11.3 Å². The lowest BCUT2D eigenvalue weighted by molar-refractivity contribution is 0.189. The average molecular weight is 357 g/mol. The van der Waals surface area contributed by atoms with E-state index in [4.69, 9.17) is 9.15 Å². The summed E-state index contributed by atoms with van der Waals surface area (Å²) in [6.45, 7) is 5.17. The summed E-state index contributed by atoms with van der Waals surface area (Å²) in [4.78, 5) is 12.3. The number of furan rings is 1. The van der Waals surface area contributed by atoms with E-state index >= 15 is 0 Å². The summed E-state index contributed by atoms with van der Waals surface area (Å²) < 4.78 is 12.5. The molecule has 0 saturated carbocycles. The fourth-order valence-electron chi connectivity index (χ4n) is 2.83. The molecule has 0 radical (unpaired) electrons. The minimum atomic E-state index is -0.302. The first-order valence-electron chi connectivity index (χ1n) is 8.51. The number of ether oxygens (including phenoxy) is 1. The number of aryl methyl sites for hydroxylation is 2. The van der Waals surface area contributed by atoms with Crippen molar-refractivity contribution < 1.29 is 13.9 Å². The van der Waals surface area contributed by atoms with Crippen LogP contribution in [0, 0.1) is 6.92 Å². The Morgan fingerprint density at radius 1 is 1.38 bits per heavy atom. The third kappa shape index (κ3) is 4.20. The van der Waals surface area contributed by atoms with Gasteiger partial charge in [0.15, 0.2) is 5.82 Å². The molecule has 2 heterocycles. The van der Waals surface area contributed by atoms with Crippen LogP contribution in [0.1, 0.15) is 31.0 Å². The first kappa shape index (κ1) is 17.9. The molecule has 8 heteroatoms. The monoisotopic (exact) mass is 357 g/mol. The number of fused-ring (bicyclic) bond motifs is 1. The van der Waals surface area contributed by atoms with Gasteiger partial charge in [-0.3, -0.25) is 0 Å². The maximum absolute atomic E-state index is 12.3. The normalized spacial score (nSPS) is 12.3. The van der Waals surface area contributed by atoms with E-state index in [9.17, 15) is 4.79 Å². The minimum Gasteiger partial charge on any atom is -0.461 e. The van der Waals surface area contributed by atoms with Crippen LogP contribution in [0.5, 0.6) is 0 Å². The largest absolute Gasteiger partial charge is 0.461 e. The number of hydrogen-bond acceptors (Lipinski definition) is 5. The predicted molar refractivity (Wildman–Crippen MR) is 98.0 cm³/mol. The van der Waals surface area contributed by atoms with Crippen molar-refractivity contribution in [3.8, 4) is 0 Å². The van der Waals surface area contributed by atoms with Gasteiger partial charge in [-0.25, -0.2) is 4.79 Å². The number of amides is 2. The molecule has 2 aromatic heterocycles. The van der Waals surface area contributed by atoms with E-state index in [0.29, 0.717) is 18.1 Å². The van der Waals surface area contributed by atoms with Gasteiger partial charge in [-0.1, -0.05) is 0 Å². The van der Waals surface area contributed by atoms with E-state index in [1.54, 1.807) is 13.4 Å². The number of rotatable bonds is 7. The van der Waals surface area contributed by atoms with Gasteiger partial charge in [0.25, 0.3) is 0 Å². The van der Waals surface area contributed by atoms with E-state index in [1.165, 1.54) is 0 Å². The summed E-state index contributed by atoms with van der Waals surface area (Å²) in [5.74, 6) is 1.54. The standard InChI is InChI=1S/C18H23N5O3/c1-12-9-14-10-15(5-6-16(14)26-12)21-18(24)20-13(2)17-22-19-11-23(17)7-4-8-25-3/h5-6,9-11,13H,4,7-8H2,1-3H3,(H2,20,21,24)/t13-/m0/s1. The zero-order valence-electron chi connectivity index (χ0n) is 15.2. The average Bonchev–Trinajstić information content (AvgIpc) is 3.20. The molecule has 3 aromatic rings. The number of urea groups is 1. The van der Waals surface area contributed by atoms with Crippen molar-refractivity contribution in [2.45, 2.75) is 32.9 Å². The molecule has 3 rings (SSSR count). The zero-order chi connectivity index (χ0) is 18.5. The number of benzene rings is 1. The Morgan fingerprint density at radius 3 is 3.04 bits per heavy atom. The number of aromatic nitrogens is 3. The van der Waals surface area contributed by atoms with Crippen LogP contribution in [0.3, 0.4) is 0 Å². The summed E-state index contributed by atoms with van der Waals surface area (Å²) in [6.07, 6.45) is 2.51. The summed E-state index contributed by atoms with van der Waals surface area (Å²) >= 11 is 0. The molecule has 2 N–H and O–H groups in total. The van der Waals surface area contributed by atoms with E-state index in [2.05, 4.69) is 20.8 Å². The Balaban J connectivity index is 1.61. The summed E-state index contributed by atoms with van der Waals surface area (Å²) in [7, 11) is 1.67. The molecular weight excluding hydrogens is 334 g/mol. The maximum atomic E-state index is 12.3. The van der Waals surface area contributed by atoms with Crippen LogP contribution in [0.4, 0.5) is 10.5 Å². The van der Waals surface area contributed by atoms with E-state index in [-0.39, 0.29) is 12.1 Å². The zero-order valence-corrected chi connectivity index (χ0v) is 15.2. The minimum absolute atomic E-state index is 0.278. The Morgan fingerprint density at radius 2 is 2.23 bits per heavy atom. The maximum Gasteiger partial charge on any atom is 0.319 e. The molecular formula is C18H23N5O3. The second-order valence-electron chi connectivity index (χ2n) is 6.16. The van der Waals surface area contributed by atoms with Gasteiger partial charge in [0.1, 0.15) is 17.7 Å². The molecule has 1 aromatic carbocycles. The van der Waals surface area contributed by atoms with Gasteiger partial charge in [0.2, 0.25) is 0 Å². The summed E-state index contributed by atoms with van der Waals surface area (Å²) in [5, 5.41) is 14.7. The van der Waals surface area contributed by atoms with Crippen molar-refractivity contribution >= 4 is 22.7 Å². The molecule has 0 aliphatic carbocycles. The lowest BCUT2D eigenvalue weighted by Crippen LogP contribution is -2.32. The van der Waals surface area contributed by atoms with E-state index in [1.807, 2.05) is 42.7 Å². The number of carbonyl (C=O) groups is 1. The third-order valence-corrected chi connectivity index (χ3v) is 4.03. The second-order valence-corrected chi connectivity index (χ2v) is 6.16. The van der Waals surface area contributed by atoms with Crippen molar-refractivity contribution in [1.82, 2.24) is 20.1 Å². The fraction of sp³-hybridized carbons (Fsp3) is 0.389. The molecule has 1 atom stereocenters. The molecule has 8 nitrogen and oxygen atoms in total. The van der Waals surface area contributed by atoms with Crippen LogP contribution in [0.2, 0.25) is 0 Å².